The van der Waals surface area contributed by atoms with E-state index >= 15 is 0 Å². The molecule has 0 saturated carbocycles. The molecule has 1 unspecified atom stereocenters. The standard InChI is InChI=1S/C24H32N4O3/c1-4-31-24(30)28-13-11-27(12-14-28)23-18-10-9-17(16(2)3)15-20(18)25-22(26-23)19-7-5-6-8-21(19)29/h5-8,16-17,29H,4,9-15H2,1-3H3. The maximum Gasteiger partial charge on any atom is 0.409 e. The highest BCUT2D eigenvalue weighted by Gasteiger charge is 2.30. The van der Waals surface area contributed by atoms with Crippen LogP contribution in [0.15, 0.2) is 24.3 Å². The van der Waals surface area contributed by atoms with Crippen LogP contribution < -0.4 is 4.90 Å². The molecule has 2 heterocycles. The maximum absolute atomic E-state index is 12.1. The Hall–Kier alpha value is -2.83. The molecule has 166 valence electrons. The van der Waals surface area contributed by atoms with Crippen molar-refractivity contribution in [3.8, 4) is 17.1 Å². The fraction of sp³-hybridized carbons (Fsp3) is 0.542. The largest absolute Gasteiger partial charge is 0.507 e. The molecule has 2 aliphatic rings. The summed E-state index contributed by atoms with van der Waals surface area (Å²) in [5, 5.41) is 10.4. The number of hydrogen-bond acceptors (Lipinski definition) is 6. The number of benzene rings is 1. The van der Waals surface area contributed by atoms with E-state index in [2.05, 4.69) is 18.7 Å². The fourth-order valence-corrected chi connectivity index (χ4v) is 4.55. The lowest BCUT2D eigenvalue weighted by molar-refractivity contribution is 0.105. The van der Waals surface area contributed by atoms with Gasteiger partial charge in [-0.05, 0) is 50.2 Å². The molecule has 31 heavy (non-hydrogen) atoms. The number of para-hydroxylation sites is 1. The van der Waals surface area contributed by atoms with Gasteiger partial charge in [-0.3, -0.25) is 0 Å². The van der Waals surface area contributed by atoms with Gasteiger partial charge < -0.3 is 19.6 Å². The number of phenols is 1. The smallest absolute Gasteiger partial charge is 0.409 e. The van der Waals surface area contributed by atoms with Crippen molar-refractivity contribution in [3.63, 3.8) is 0 Å². The molecular formula is C24H32N4O3. The third-order valence-electron chi connectivity index (χ3n) is 6.48. The van der Waals surface area contributed by atoms with Crippen LogP contribution >= 0.6 is 0 Å². The summed E-state index contributed by atoms with van der Waals surface area (Å²) in [5.74, 6) is 2.93. The maximum atomic E-state index is 12.1. The van der Waals surface area contributed by atoms with Gasteiger partial charge in [-0.1, -0.05) is 26.0 Å². The average Bonchev–Trinajstić information content (AvgIpc) is 2.78. The van der Waals surface area contributed by atoms with Gasteiger partial charge in [0.25, 0.3) is 0 Å². The first-order valence-electron chi connectivity index (χ1n) is 11.3. The number of carbonyl (C=O) groups excluding carboxylic acids is 1. The predicted octanol–water partition coefficient (Wildman–Crippen LogP) is 3.89. The number of carbonyl (C=O) groups is 1. The topological polar surface area (TPSA) is 78.8 Å². The van der Waals surface area contributed by atoms with E-state index in [0.717, 1.165) is 30.8 Å². The molecule has 7 nitrogen and oxygen atoms in total. The minimum absolute atomic E-state index is 0.191. The monoisotopic (exact) mass is 424 g/mol. The lowest BCUT2D eigenvalue weighted by atomic mass is 9.80. The highest BCUT2D eigenvalue weighted by molar-refractivity contribution is 5.69. The van der Waals surface area contributed by atoms with Gasteiger partial charge in [0, 0.05) is 31.7 Å². The zero-order valence-corrected chi connectivity index (χ0v) is 18.7. The first kappa shape index (κ1) is 21.4. The van der Waals surface area contributed by atoms with Crippen LogP contribution in [-0.2, 0) is 17.6 Å². The van der Waals surface area contributed by atoms with Crippen molar-refractivity contribution < 1.29 is 14.6 Å². The molecule has 1 aliphatic carbocycles. The molecule has 1 N–H and O–H groups in total. The van der Waals surface area contributed by atoms with Crippen LogP contribution in [0.4, 0.5) is 10.6 Å². The summed E-state index contributed by atoms with van der Waals surface area (Å²) in [6.45, 7) is 9.39. The van der Waals surface area contributed by atoms with Gasteiger partial charge in [-0.15, -0.1) is 0 Å². The Morgan fingerprint density at radius 1 is 1.19 bits per heavy atom. The first-order valence-corrected chi connectivity index (χ1v) is 11.3. The third-order valence-corrected chi connectivity index (χ3v) is 6.48. The van der Waals surface area contributed by atoms with Crippen LogP contribution in [0.5, 0.6) is 5.75 Å². The van der Waals surface area contributed by atoms with Crippen LogP contribution in [0.3, 0.4) is 0 Å². The number of hydrogen-bond donors (Lipinski definition) is 1. The average molecular weight is 425 g/mol. The summed E-state index contributed by atoms with van der Waals surface area (Å²) >= 11 is 0. The molecule has 1 aromatic carbocycles. The van der Waals surface area contributed by atoms with Crippen LogP contribution in [0.1, 0.15) is 38.4 Å². The molecule has 0 spiro atoms. The van der Waals surface area contributed by atoms with E-state index in [0.29, 0.717) is 56.0 Å². The summed E-state index contributed by atoms with van der Waals surface area (Å²) in [4.78, 5) is 26.0. The van der Waals surface area contributed by atoms with E-state index in [9.17, 15) is 9.90 Å². The van der Waals surface area contributed by atoms with Crippen molar-refractivity contribution in [3.05, 3.63) is 35.5 Å². The summed E-state index contributed by atoms with van der Waals surface area (Å²) in [6.07, 6.45) is 2.79. The first-order chi connectivity index (χ1) is 15.0. The van der Waals surface area contributed by atoms with Crippen molar-refractivity contribution in [2.24, 2.45) is 11.8 Å². The van der Waals surface area contributed by atoms with Gasteiger partial charge in [-0.25, -0.2) is 14.8 Å². The van der Waals surface area contributed by atoms with E-state index in [4.69, 9.17) is 14.7 Å². The molecule has 2 aromatic rings. The third kappa shape index (κ3) is 4.45. The molecule has 0 radical (unpaired) electrons. The second-order valence-corrected chi connectivity index (χ2v) is 8.73. The molecule has 1 atom stereocenters. The Labute approximate surface area is 184 Å². The summed E-state index contributed by atoms with van der Waals surface area (Å²) < 4.78 is 5.15. The van der Waals surface area contributed by atoms with Crippen LogP contribution in [0, 0.1) is 11.8 Å². The second kappa shape index (κ2) is 9.12. The number of amides is 1. The lowest BCUT2D eigenvalue weighted by Crippen LogP contribution is -2.49. The van der Waals surface area contributed by atoms with Crippen molar-refractivity contribution >= 4 is 11.9 Å². The highest BCUT2D eigenvalue weighted by atomic mass is 16.6. The van der Waals surface area contributed by atoms with E-state index in [1.165, 1.54) is 5.56 Å². The van der Waals surface area contributed by atoms with E-state index in [1.807, 2.05) is 25.1 Å². The summed E-state index contributed by atoms with van der Waals surface area (Å²) in [6, 6.07) is 7.24. The van der Waals surface area contributed by atoms with Crippen molar-refractivity contribution in [2.75, 3.05) is 37.7 Å². The number of anilines is 1. The van der Waals surface area contributed by atoms with Crippen LogP contribution in [0.2, 0.25) is 0 Å². The number of rotatable bonds is 4. The molecule has 4 rings (SSSR count). The van der Waals surface area contributed by atoms with Gasteiger partial charge in [0.05, 0.1) is 17.9 Å². The molecule has 7 heteroatoms. The SMILES string of the molecule is CCOC(=O)N1CCN(c2nc(-c3ccccc3O)nc3c2CCC(C(C)C)C3)CC1. The van der Waals surface area contributed by atoms with Crippen LogP contribution in [0.25, 0.3) is 11.4 Å². The Balaban J connectivity index is 1.67. The van der Waals surface area contributed by atoms with Crippen molar-refractivity contribution in [2.45, 2.75) is 40.0 Å². The number of nitrogens with zero attached hydrogens (tertiary/aromatic N) is 4. The lowest BCUT2D eigenvalue weighted by Gasteiger charge is -2.37. The number of ether oxygens (including phenoxy) is 1. The molecule has 1 fully saturated rings. The Morgan fingerprint density at radius 3 is 2.61 bits per heavy atom. The van der Waals surface area contributed by atoms with Gasteiger partial charge >= 0.3 is 6.09 Å². The van der Waals surface area contributed by atoms with Crippen molar-refractivity contribution in [1.82, 2.24) is 14.9 Å². The zero-order valence-electron chi connectivity index (χ0n) is 18.7. The zero-order chi connectivity index (χ0) is 22.0. The summed E-state index contributed by atoms with van der Waals surface area (Å²) in [5.41, 5.74) is 2.98. The van der Waals surface area contributed by atoms with Crippen molar-refractivity contribution in [1.29, 1.82) is 0 Å². The Bertz CT molecular complexity index is 938. The molecule has 1 saturated heterocycles. The van der Waals surface area contributed by atoms with Gasteiger partial charge in [-0.2, -0.15) is 0 Å². The molecule has 0 bridgehead atoms. The van der Waals surface area contributed by atoms with E-state index in [-0.39, 0.29) is 11.8 Å². The number of piperazine rings is 1. The number of phenolic OH excluding ortho intramolecular Hbond substituents is 1. The minimum atomic E-state index is -0.249. The predicted molar refractivity (Wildman–Crippen MR) is 120 cm³/mol. The normalized spacial score (nSPS) is 18.8. The highest BCUT2D eigenvalue weighted by Crippen LogP contribution is 2.37. The molecule has 1 aliphatic heterocycles. The number of aromatic nitrogens is 2. The molecule has 1 aromatic heterocycles. The van der Waals surface area contributed by atoms with Gasteiger partial charge in [0.1, 0.15) is 11.6 Å². The molecule has 1 amide bonds. The van der Waals surface area contributed by atoms with Gasteiger partial charge in [0.15, 0.2) is 5.82 Å². The Morgan fingerprint density at radius 2 is 1.94 bits per heavy atom. The van der Waals surface area contributed by atoms with E-state index < -0.39 is 0 Å². The quantitative estimate of drug-likeness (QED) is 0.802. The van der Waals surface area contributed by atoms with Crippen LogP contribution in [-0.4, -0.2) is 58.9 Å². The minimum Gasteiger partial charge on any atom is -0.507 e. The summed E-state index contributed by atoms with van der Waals surface area (Å²) in [7, 11) is 0. The van der Waals surface area contributed by atoms with Gasteiger partial charge in [0.2, 0.25) is 0 Å². The fourth-order valence-electron chi connectivity index (χ4n) is 4.55. The Kier molecular flexibility index (Phi) is 6.30. The molecular weight excluding hydrogens is 392 g/mol. The number of aromatic hydroxyl groups is 1. The number of fused-ring (bicyclic) bond motifs is 1. The second-order valence-electron chi connectivity index (χ2n) is 8.73. The van der Waals surface area contributed by atoms with E-state index in [1.54, 1.807) is 11.0 Å².